The molecule has 1 saturated heterocycles. The molecule has 1 fully saturated rings. The molecule has 0 spiro atoms. The molecule has 10 heteroatoms. The van der Waals surface area contributed by atoms with Crippen LogP contribution < -0.4 is 0 Å². The average molecular weight is 350 g/mol. The van der Waals surface area contributed by atoms with Crippen molar-refractivity contribution < 1.29 is 47.3 Å². The third kappa shape index (κ3) is 5.76. The molecule has 0 bridgehead atoms. The van der Waals surface area contributed by atoms with E-state index >= 15 is 0 Å². The molecule has 0 aromatic carbocycles. The summed E-state index contributed by atoms with van der Waals surface area (Å²) < 4.78 is 39.1. The van der Waals surface area contributed by atoms with Crippen LogP contribution in [0.1, 0.15) is 27.7 Å². The molecule has 9 nitrogen and oxygen atoms in total. The first-order valence-corrected chi connectivity index (χ1v) is 7.06. The lowest BCUT2D eigenvalue weighted by atomic mass is 10.00. The van der Waals surface area contributed by atoms with Gasteiger partial charge in [-0.2, -0.15) is 0 Å². The van der Waals surface area contributed by atoms with Gasteiger partial charge < -0.3 is 23.7 Å². The minimum absolute atomic E-state index is 0.501. The molecule has 0 aromatic rings. The molecule has 1 aliphatic rings. The first-order valence-electron chi connectivity index (χ1n) is 7.06. The summed E-state index contributed by atoms with van der Waals surface area (Å²) in [5.41, 5.74) is 0. The highest BCUT2D eigenvalue weighted by Crippen LogP contribution is 2.29. The predicted octanol–water partition coefficient (Wildman–Crippen LogP) is 0.0390. The van der Waals surface area contributed by atoms with Gasteiger partial charge in [0.2, 0.25) is 12.4 Å². The maximum atomic E-state index is 14.6. The van der Waals surface area contributed by atoms with Gasteiger partial charge in [0.05, 0.1) is 0 Å². The Morgan fingerprint density at radius 3 is 1.79 bits per heavy atom. The van der Waals surface area contributed by atoms with Crippen molar-refractivity contribution in [1.29, 1.82) is 0 Å². The van der Waals surface area contributed by atoms with E-state index in [4.69, 9.17) is 18.9 Å². The Labute approximate surface area is 137 Å². The molecule has 1 heterocycles. The van der Waals surface area contributed by atoms with Gasteiger partial charge in [0.25, 0.3) is 0 Å². The fraction of sp³-hybridized carbons (Fsp3) is 0.714. The standard InChI is InChI=1S/C14H19FO9/c1-6(16)20-5-10-11(15)12(21-7(2)17)13(22-8(3)18)14(24-10)23-9(4)19/h10-14H,5H2,1-4H3/t10-,11-,12+,13-,14-/m1/s1. The summed E-state index contributed by atoms with van der Waals surface area (Å²) >= 11 is 0. The van der Waals surface area contributed by atoms with Gasteiger partial charge >= 0.3 is 23.9 Å². The number of alkyl halides is 1. The van der Waals surface area contributed by atoms with Gasteiger partial charge in [-0.1, -0.05) is 0 Å². The number of hydrogen-bond acceptors (Lipinski definition) is 9. The van der Waals surface area contributed by atoms with Gasteiger partial charge in [-0.3, -0.25) is 19.2 Å². The van der Waals surface area contributed by atoms with Crippen molar-refractivity contribution in [3.8, 4) is 0 Å². The second-order valence-corrected chi connectivity index (χ2v) is 5.05. The molecule has 1 rings (SSSR count). The molecule has 0 unspecified atom stereocenters. The minimum atomic E-state index is -1.98. The zero-order chi connectivity index (χ0) is 18.4. The number of carbonyl (C=O) groups is 4. The van der Waals surface area contributed by atoms with Gasteiger partial charge in [0, 0.05) is 27.7 Å². The van der Waals surface area contributed by atoms with Crippen LogP contribution in [0.4, 0.5) is 4.39 Å². The molecule has 136 valence electrons. The molecule has 0 aromatic heterocycles. The van der Waals surface area contributed by atoms with E-state index in [0.717, 1.165) is 27.7 Å². The van der Waals surface area contributed by atoms with E-state index in [1.54, 1.807) is 0 Å². The Kier molecular flexibility index (Phi) is 7.08. The Balaban J connectivity index is 3.07. The third-order valence-electron chi connectivity index (χ3n) is 2.91. The van der Waals surface area contributed by atoms with Crippen LogP contribution >= 0.6 is 0 Å². The van der Waals surface area contributed by atoms with E-state index in [0.29, 0.717) is 0 Å². The topological polar surface area (TPSA) is 114 Å². The Morgan fingerprint density at radius 1 is 0.833 bits per heavy atom. The Morgan fingerprint density at radius 2 is 1.33 bits per heavy atom. The largest absolute Gasteiger partial charge is 0.463 e. The maximum Gasteiger partial charge on any atom is 0.305 e. The van der Waals surface area contributed by atoms with Crippen LogP contribution in [0.25, 0.3) is 0 Å². The van der Waals surface area contributed by atoms with Gasteiger partial charge in [0.1, 0.15) is 12.7 Å². The molecular formula is C14H19FO9. The normalized spacial score (nSPS) is 29.3. The number of carbonyl (C=O) groups excluding carboxylic acids is 4. The number of hydrogen-bond donors (Lipinski definition) is 0. The molecule has 0 amide bonds. The van der Waals surface area contributed by atoms with Crippen LogP contribution in [-0.2, 0) is 42.9 Å². The van der Waals surface area contributed by atoms with Crippen molar-refractivity contribution in [2.45, 2.75) is 58.5 Å². The summed E-state index contributed by atoms with van der Waals surface area (Å²) in [6.45, 7) is 3.77. The summed E-state index contributed by atoms with van der Waals surface area (Å²) in [6.07, 6.45) is -7.98. The maximum absolute atomic E-state index is 14.6. The third-order valence-corrected chi connectivity index (χ3v) is 2.91. The van der Waals surface area contributed by atoms with Crippen molar-refractivity contribution in [3.63, 3.8) is 0 Å². The smallest absolute Gasteiger partial charge is 0.305 e. The van der Waals surface area contributed by atoms with Gasteiger partial charge in [-0.05, 0) is 0 Å². The molecule has 24 heavy (non-hydrogen) atoms. The van der Waals surface area contributed by atoms with Crippen LogP contribution in [0.3, 0.4) is 0 Å². The molecule has 0 N–H and O–H groups in total. The SMILES string of the molecule is CC(=O)OC[C@H]1O[C@@H](OC(C)=O)[C@H](OC(C)=O)[C@@H](OC(C)=O)[C@@H]1F. The van der Waals surface area contributed by atoms with Crippen molar-refractivity contribution in [2.75, 3.05) is 6.61 Å². The van der Waals surface area contributed by atoms with E-state index in [2.05, 4.69) is 4.74 Å². The second-order valence-electron chi connectivity index (χ2n) is 5.05. The predicted molar refractivity (Wildman–Crippen MR) is 73.1 cm³/mol. The number of halogens is 1. The summed E-state index contributed by atoms with van der Waals surface area (Å²) in [5, 5.41) is 0. The van der Waals surface area contributed by atoms with Crippen LogP contribution in [0.5, 0.6) is 0 Å². The zero-order valence-electron chi connectivity index (χ0n) is 13.6. The number of rotatable bonds is 5. The van der Waals surface area contributed by atoms with E-state index < -0.39 is 61.3 Å². The van der Waals surface area contributed by atoms with Gasteiger partial charge in [-0.15, -0.1) is 0 Å². The van der Waals surface area contributed by atoms with E-state index in [-0.39, 0.29) is 0 Å². The van der Waals surface area contributed by atoms with Crippen LogP contribution in [0, 0.1) is 0 Å². The summed E-state index contributed by atoms with van der Waals surface area (Å²) in [5.74, 6) is -3.12. The monoisotopic (exact) mass is 350 g/mol. The highest BCUT2D eigenvalue weighted by atomic mass is 19.1. The fourth-order valence-electron chi connectivity index (χ4n) is 2.10. The zero-order valence-corrected chi connectivity index (χ0v) is 13.6. The second kappa shape index (κ2) is 8.57. The highest BCUT2D eigenvalue weighted by Gasteiger charge is 2.52. The first kappa shape index (κ1) is 19.8. The van der Waals surface area contributed by atoms with Crippen LogP contribution in [0.2, 0.25) is 0 Å². The lowest BCUT2D eigenvalue weighted by molar-refractivity contribution is -0.288. The first-order chi connectivity index (χ1) is 11.1. The van der Waals surface area contributed by atoms with Crippen LogP contribution in [0.15, 0.2) is 0 Å². The van der Waals surface area contributed by atoms with Crippen LogP contribution in [-0.4, -0.2) is 61.3 Å². The van der Waals surface area contributed by atoms with E-state index in [1.165, 1.54) is 0 Å². The van der Waals surface area contributed by atoms with Gasteiger partial charge in [0.15, 0.2) is 12.3 Å². The van der Waals surface area contributed by atoms with Crippen molar-refractivity contribution in [2.24, 2.45) is 0 Å². The molecule has 0 saturated carbocycles. The lowest BCUT2D eigenvalue weighted by Gasteiger charge is -2.41. The van der Waals surface area contributed by atoms with Crippen molar-refractivity contribution in [1.82, 2.24) is 0 Å². The van der Waals surface area contributed by atoms with Crippen molar-refractivity contribution in [3.05, 3.63) is 0 Å². The average Bonchev–Trinajstić information content (AvgIpc) is 2.42. The summed E-state index contributed by atoms with van der Waals surface area (Å²) in [6, 6.07) is 0. The van der Waals surface area contributed by atoms with E-state index in [1.807, 2.05) is 0 Å². The fourth-order valence-corrected chi connectivity index (χ4v) is 2.10. The van der Waals surface area contributed by atoms with Crippen molar-refractivity contribution >= 4 is 23.9 Å². The number of ether oxygens (including phenoxy) is 5. The molecule has 0 radical (unpaired) electrons. The Bertz CT molecular complexity index is 506. The molecular weight excluding hydrogens is 331 g/mol. The quantitative estimate of drug-likeness (QED) is 0.500. The molecule has 1 aliphatic heterocycles. The van der Waals surface area contributed by atoms with Gasteiger partial charge in [-0.25, -0.2) is 4.39 Å². The number of esters is 4. The Hall–Kier alpha value is -2.23. The highest BCUT2D eigenvalue weighted by molar-refractivity contribution is 5.68. The summed E-state index contributed by atoms with van der Waals surface area (Å²) in [4.78, 5) is 44.5. The van der Waals surface area contributed by atoms with E-state index in [9.17, 15) is 23.6 Å². The molecule has 5 atom stereocenters. The molecule has 0 aliphatic carbocycles. The lowest BCUT2D eigenvalue weighted by Crippen LogP contribution is -2.60. The summed E-state index contributed by atoms with van der Waals surface area (Å²) in [7, 11) is 0. The minimum Gasteiger partial charge on any atom is -0.463 e.